The van der Waals surface area contributed by atoms with E-state index in [1.807, 2.05) is 36.4 Å². The summed E-state index contributed by atoms with van der Waals surface area (Å²) >= 11 is 6.36. The molecule has 4 nitrogen and oxygen atoms in total. The van der Waals surface area contributed by atoms with Crippen LogP contribution in [0, 0.1) is 0 Å². The van der Waals surface area contributed by atoms with Gasteiger partial charge in [0.2, 0.25) is 0 Å². The second kappa shape index (κ2) is 6.89. The minimum Gasteiger partial charge on any atom is -0.497 e. The van der Waals surface area contributed by atoms with Crippen LogP contribution < -0.4 is 4.74 Å². The SMILES string of the molecule is CCOC(=O)c1cc(-c2ccccc2Cl)c2cc(OC)ccc2n1. The molecule has 0 aliphatic carbocycles. The number of ether oxygens (including phenoxy) is 2. The van der Waals surface area contributed by atoms with E-state index in [-0.39, 0.29) is 5.69 Å². The monoisotopic (exact) mass is 341 g/mol. The lowest BCUT2D eigenvalue weighted by Crippen LogP contribution is -2.07. The minimum absolute atomic E-state index is 0.254. The summed E-state index contributed by atoms with van der Waals surface area (Å²) in [6.45, 7) is 2.06. The molecular weight excluding hydrogens is 326 g/mol. The summed E-state index contributed by atoms with van der Waals surface area (Å²) < 4.78 is 10.4. The molecular formula is C19H16ClNO3. The Hall–Kier alpha value is -2.59. The van der Waals surface area contributed by atoms with Crippen LogP contribution in [0.5, 0.6) is 5.75 Å². The van der Waals surface area contributed by atoms with E-state index >= 15 is 0 Å². The minimum atomic E-state index is -0.455. The molecule has 1 heterocycles. The summed E-state index contributed by atoms with van der Waals surface area (Å²) in [7, 11) is 1.61. The van der Waals surface area contributed by atoms with Gasteiger partial charge in [-0.05, 0) is 42.8 Å². The van der Waals surface area contributed by atoms with Gasteiger partial charge in [0.05, 0.1) is 19.2 Å². The Morgan fingerprint density at radius 1 is 1.12 bits per heavy atom. The van der Waals surface area contributed by atoms with E-state index in [1.54, 1.807) is 26.2 Å². The fraction of sp³-hybridized carbons (Fsp3) is 0.158. The van der Waals surface area contributed by atoms with Gasteiger partial charge in [-0.3, -0.25) is 0 Å². The van der Waals surface area contributed by atoms with Gasteiger partial charge in [0, 0.05) is 16.0 Å². The van der Waals surface area contributed by atoms with Gasteiger partial charge in [0.1, 0.15) is 11.4 Å². The standard InChI is InChI=1S/C19H16ClNO3/c1-3-24-19(22)18-11-14(13-6-4-5-7-16(13)20)15-10-12(23-2)8-9-17(15)21-18/h4-11H,3H2,1-2H3. The number of methoxy groups -OCH3 is 1. The van der Waals surface area contributed by atoms with Crippen molar-refractivity contribution in [1.29, 1.82) is 0 Å². The topological polar surface area (TPSA) is 48.4 Å². The van der Waals surface area contributed by atoms with Crippen molar-refractivity contribution in [2.75, 3.05) is 13.7 Å². The maximum Gasteiger partial charge on any atom is 0.356 e. The predicted molar refractivity (Wildman–Crippen MR) is 94.7 cm³/mol. The van der Waals surface area contributed by atoms with E-state index in [2.05, 4.69) is 4.98 Å². The van der Waals surface area contributed by atoms with Crippen molar-refractivity contribution in [3.8, 4) is 16.9 Å². The molecule has 0 spiro atoms. The van der Waals surface area contributed by atoms with Crippen LogP contribution in [0.4, 0.5) is 0 Å². The Balaban J connectivity index is 2.30. The number of carbonyl (C=O) groups excluding carboxylic acids is 1. The molecule has 3 aromatic rings. The van der Waals surface area contributed by atoms with Crippen molar-refractivity contribution in [2.45, 2.75) is 6.92 Å². The number of aromatic nitrogens is 1. The van der Waals surface area contributed by atoms with Crippen molar-refractivity contribution >= 4 is 28.5 Å². The third kappa shape index (κ3) is 3.05. The van der Waals surface area contributed by atoms with Crippen LogP contribution in [0.2, 0.25) is 5.02 Å². The zero-order valence-electron chi connectivity index (χ0n) is 13.4. The van der Waals surface area contributed by atoms with Crippen LogP contribution >= 0.6 is 11.6 Å². The maximum absolute atomic E-state index is 12.1. The molecule has 0 aliphatic rings. The van der Waals surface area contributed by atoms with Crippen LogP contribution in [0.15, 0.2) is 48.5 Å². The van der Waals surface area contributed by atoms with E-state index in [0.29, 0.717) is 22.9 Å². The summed E-state index contributed by atoms with van der Waals surface area (Å²) in [5.41, 5.74) is 2.57. The predicted octanol–water partition coefficient (Wildman–Crippen LogP) is 4.74. The molecule has 0 radical (unpaired) electrons. The first-order valence-corrected chi connectivity index (χ1v) is 7.92. The van der Waals surface area contributed by atoms with E-state index in [0.717, 1.165) is 16.5 Å². The molecule has 2 aromatic carbocycles. The van der Waals surface area contributed by atoms with Gasteiger partial charge in [0.15, 0.2) is 0 Å². The second-order valence-electron chi connectivity index (χ2n) is 5.14. The van der Waals surface area contributed by atoms with Gasteiger partial charge in [-0.1, -0.05) is 29.8 Å². The number of esters is 1. The number of fused-ring (bicyclic) bond motifs is 1. The average Bonchev–Trinajstić information content (AvgIpc) is 2.61. The average molecular weight is 342 g/mol. The molecule has 0 aliphatic heterocycles. The van der Waals surface area contributed by atoms with Crippen molar-refractivity contribution in [2.24, 2.45) is 0 Å². The molecule has 5 heteroatoms. The van der Waals surface area contributed by atoms with E-state index in [9.17, 15) is 4.79 Å². The summed E-state index contributed by atoms with van der Waals surface area (Å²) in [5.74, 6) is 0.255. The van der Waals surface area contributed by atoms with Crippen LogP contribution in [-0.2, 0) is 4.74 Å². The Bertz CT molecular complexity index is 908. The number of carbonyl (C=O) groups is 1. The smallest absolute Gasteiger partial charge is 0.356 e. The quantitative estimate of drug-likeness (QED) is 0.643. The van der Waals surface area contributed by atoms with Gasteiger partial charge in [0.25, 0.3) is 0 Å². The first-order valence-electron chi connectivity index (χ1n) is 7.55. The van der Waals surface area contributed by atoms with Crippen molar-refractivity contribution < 1.29 is 14.3 Å². The zero-order valence-corrected chi connectivity index (χ0v) is 14.1. The maximum atomic E-state index is 12.1. The number of pyridine rings is 1. The third-order valence-corrected chi connectivity index (χ3v) is 3.99. The highest BCUT2D eigenvalue weighted by molar-refractivity contribution is 6.33. The first kappa shape index (κ1) is 16.3. The van der Waals surface area contributed by atoms with Crippen LogP contribution in [-0.4, -0.2) is 24.7 Å². The molecule has 0 N–H and O–H groups in total. The number of nitrogens with zero attached hydrogens (tertiary/aromatic N) is 1. The van der Waals surface area contributed by atoms with Gasteiger partial charge < -0.3 is 9.47 Å². The highest BCUT2D eigenvalue weighted by Crippen LogP contribution is 2.35. The molecule has 0 fully saturated rings. The Morgan fingerprint density at radius 3 is 2.62 bits per heavy atom. The third-order valence-electron chi connectivity index (χ3n) is 3.66. The number of benzene rings is 2. The molecule has 3 rings (SSSR count). The molecule has 1 aromatic heterocycles. The number of hydrogen-bond donors (Lipinski definition) is 0. The number of rotatable bonds is 4. The van der Waals surface area contributed by atoms with Crippen molar-refractivity contribution in [1.82, 2.24) is 4.98 Å². The van der Waals surface area contributed by atoms with Gasteiger partial charge in [-0.25, -0.2) is 9.78 Å². The van der Waals surface area contributed by atoms with Crippen molar-refractivity contribution in [3.63, 3.8) is 0 Å². The molecule has 0 saturated heterocycles. The van der Waals surface area contributed by atoms with E-state index in [4.69, 9.17) is 21.1 Å². The number of hydrogen-bond acceptors (Lipinski definition) is 4. The highest BCUT2D eigenvalue weighted by atomic mass is 35.5. The summed E-state index contributed by atoms with van der Waals surface area (Å²) in [4.78, 5) is 16.5. The lowest BCUT2D eigenvalue weighted by Gasteiger charge is -2.12. The lowest BCUT2D eigenvalue weighted by molar-refractivity contribution is 0.0520. The molecule has 0 unspecified atom stereocenters. The molecule has 0 atom stereocenters. The zero-order chi connectivity index (χ0) is 17.1. The Labute approximate surface area is 145 Å². The highest BCUT2D eigenvalue weighted by Gasteiger charge is 2.16. The second-order valence-corrected chi connectivity index (χ2v) is 5.55. The van der Waals surface area contributed by atoms with Crippen LogP contribution in [0.3, 0.4) is 0 Å². The Morgan fingerprint density at radius 2 is 1.92 bits per heavy atom. The first-order chi connectivity index (χ1) is 11.6. The fourth-order valence-corrected chi connectivity index (χ4v) is 2.78. The molecule has 0 bridgehead atoms. The van der Waals surface area contributed by atoms with Crippen LogP contribution in [0.25, 0.3) is 22.0 Å². The largest absolute Gasteiger partial charge is 0.497 e. The van der Waals surface area contributed by atoms with Gasteiger partial charge >= 0.3 is 5.97 Å². The summed E-state index contributed by atoms with van der Waals surface area (Å²) in [6.07, 6.45) is 0. The van der Waals surface area contributed by atoms with Gasteiger partial charge in [-0.2, -0.15) is 0 Å². The normalized spacial score (nSPS) is 10.6. The lowest BCUT2D eigenvalue weighted by atomic mass is 9.99. The number of halogens is 1. The van der Waals surface area contributed by atoms with Crippen LogP contribution in [0.1, 0.15) is 17.4 Å². The molecule has 0 saturated carbocycles. The van der Waals surface area contributed by atoms with E-state index < -0.39 is 5.97 Å². The molecule has 0 amide bonds. The van der Waals surface area contributed by atoms with Gasteiger partial charge in [-0.15, -0.1) is 0 Å². The Kier molecular flexibility index (Phi) is 4.67. The fourth-order valence-electron chi connectivity index (χ4n) is 2.54. The van der Waals surface area contributed by atoms with Crippen molar-refractivity contribution in [3.05, 3.63) is 59.2 Å². The molecule has 122 valence electrons. The summed E-state index contributed by atoms with van der Waals surface area (Å²) in [6, 6.07) is 14.7. The van der Waals surface area contributed by atoms with E-state index in [1.165, 1.54) is 0 Å². The molecule has 24 heavy (non-hydrogen) atoms. The summed E-state index contributed by atoms with van der Waals surface area (Å²) in [5, 5.41) is 1.46.